The van der Waals surface area contributed by atoms with Crippen LogP contribution in [0.4, 0.5) is 0 Å². The van der Waals surface area contributed by atoms with Crippen molar-refractivity contribution in [2.75, 3.05) is 6.54 Å². The molecule has 70 valence electrons. The first-order chi connectivity index (χ1) is 6.35. The summed E-state index contributed by atoms with van der Waals surface area (Å²) < 4.78 is 0. The molecule has 0 aliphatic heterocycles. The second-order valence-electron chi connectivity index (χ2n) is 2.15. The first kappa shape index (κ1) is 11.4. The molecule has 0 heterocycles. The Balaban J connectivity index is 4.07. The second-order valence-corrected chi connectivity index (χ2v) is 2.15. The molecule has 0 spiro atoms. The van der Waals surface area contributed by atoms with Gasteiger partial charge in [-0.3, -0.25) is 15.0 Å². The monoisotopic (exact) mass is 178 g/mol. The van der Waals surface area contributed by atoms with E-state index >= 15 is 0 Å². The third-order valence-electron chi connectivity index (χ3n) is 1.23. The van der Waals surface area contributed by atoms with Crippen molar-refractivity contribution in [3.63, 3.8) is 0 Å². The average Bonchev–Trinajstić information content (AvgIpc) is 2.16. The van der Waals surface area contributed by atoms with Crippen LogP contribution in [0.2, 0.25) is 0 Å². The summed E-state index contributed by atoms with van der Waals surface area (Å²) in [6.45, 7) is 7.02. The zero-order chi connectivity index (χ0) is 9.94. The minimum Gasteiger partial charge on any atom is -0.325 e. The summed E-state index contributed by atoms with van der Waals surface area (Å²) in [4.78, 5) is 11.1. The Morgan fingerprint density at radius 3 is 2.38 bits per heavy atom. The smallest absolute Gasteiger partial charge is 0.0450 e. The normalized spacial score (nSPS) is 12.5. The molecule has 0 atom stereocenters. The number of nitrogens with zero attached hydrogens (tertiary/aromatic N) is 3. The van der Waals surface area contributed by atoms with Gasteiger partial charge in [0.15, 0.2) is 0 Å². The molecule has 0 aromatic heterocycles. The minimum absolute atomic E-state index is 0.420. The Bertz CT molecular complexity index is 238. The Kier molecular flexibility index (Phi) is 7.53. The zero-order valence-corrected chi connectivity index (χ0v) is 7.56. The molecule has 0 aliphatic rings. The Morgan fingerprint density at radius 1 is 1.15 bits per heavy atom. The highest BCUT2D eigenvalue weighted by Gasteiger charge is 1.89. The lowest BCUT2D eigenvalue weighted by molar-refractivity contribution is 1.22. The standard InChI is InChI=1S/C9H14N4/c1-11-5-3-4-9(8-10)13-7-6-12-2/h3,5-7H,1-2,4,8,10H2/b5-3-,7-6-,13-9+. The van der Waals surface area contributed by atoms with E-state index in [9.17, 15) is 0 Å². The van der Waals surface area contributed by atoms with Gasteiger partial charge in [-0.1, -0.05) is 6.08 Å². The van der Waals surface area contributed by atoms with Gasteiger partial charge in [0.05, 0.1) is 0 Å². The van der Waals surface area contributed by atoms with Crippen molar-refractivity contribution >= 4 is 19.1 Å². The zero-order valence-electron chi connectivity index (χ0n) is 7.56. The van der Waals surface area contributed by atoms with E-state index in [1.807, 2.05) is 6.08 Å². The van der Waals surface area contributed by atoms with Gasteiger partial charge in [0.1, 0.15) is 0 Å². The molecule has 0 saturated carbocycles. The molecule has 0 saturated heterocycles. The van der Waals surface area contributed by atoms with Gasteiger partial charge >= 0.3 is 0 Å². The molecule has 0 aromatic rings. The van der Waals surface area contributed by atoms with Crippen LogP contribution in [0.25, 0.3) is 0 Å². The van der Waals surface area contributed by atoms with Crippen LogP contribution in [0, 0.1) is 0 Å². The quantitative estimate of drug-likeness (QED) is 0.609. The van der Waals surface area contributed by atoms with Crippen molar-refractivity contribution in [3.05, 3.63) is 24.7 Å². The molecule has 4 heteroatoms. The van der Waals surface area contributed by atoms with E-state index in [0.717, 1.165) is 5.71 Å². The third kappa shape index (κ3) is 6.83. The van der Waals surface area contributed by atoms with E-state index in [2.05, 4.69) is 28.4 Å². The fourth-order valence-corrected chi connectivity index (χ4v) is 0.638. The van der Waals surface area contributed by atoms with Crippen LogP contribution in [0.5, 0.6) is 0 Å². The molecule has 2 N–H and O–H groups in total. The minimum atomic E-state index is 0.420. The summed E-state index contributed by atoms with van der Waals surface area (Å²) in [6.07, 6.45) is 7.20. The molecule has 13 heavy (non-hydrogen) atoms. The van der Waals surface area contributed by atoms with Gasteiger partial charge in [-0.15, -0.1) is 0 Å². The van der Waals surface area contributed by atoms with Crippen LogP contribution in [-0.4, -0.2) is 25.7 Å². The van der Waals surface area contributed by atoms with Crippen molar-refractivity contribution in [1.82, 2.24) is 0 Å². The Morgan fingerprint density at radius 2 is 1.85 bits per heavy atom. The van der Waals surface area contributed by atoms with Crippen molar-refractivity contribution in [3.8, 4) is 0 Å². The fraction of sp³-hybridized carbons (Fsp3) is 0.222. The van der Waals surface area contributed by atoms with E-state index in [1.165, 1.54) is 6.20 Å². The summed E-state index contributed by atoms with van der Waals surface area (Å²) in [5.41, 5.74) is 6.31. The number of hydrogen-bond acceptors (Lipinski definition) is 4. The molecule has 0 amide bonds. The molecule has 0 aromatic carbocycles. The van der Waals surface area contributed by atoms with Gasteiger partial charge in [-0.05, 0) is 13.4 Å². The van der Waals surface area contributed by atoms with Crippen LogP contribution in [0.1, 0.15) is 6.42 Å². The van der Waals surface area contributed by atoms with Crippen molar-refractivity contribution in [2.45, 2.75) is 6.42 Å². The van der Waals surface area contributed by atoms with Crippen LogP contribution in [0.3, 0.4) is 0 Å². The van der Waals surface area contributed by atoms with E-state index < -0.39 is 0 Å². The summed E-state index contributed by atoms with van der Waals surface area (Å²) in [6, 6.07) is 0. The molecule has 0 radical (unpaired) electrons. The molecule has 4 nitrogen and oxygen atoms in total. The highest BCUT2D eigenvalue weighted by atomic mass is 14.8. The molecule has 0 aliphatic carbocycles. The van der Waals surface area contributed by atoms with Crippen LogP contribution in [-0.2, 0) is 0 Å². The largest absolute Gasteiger partial charge is 0.325 e. The molecular weight excluding hydrogens is 164 g/mol. The van der Waals surface area contributed by atoms with Crippen molar-refractivity contribution < 1.29 is 0 Å². The lowest BCUT2D eigenvalue weighted by Gasteiger charge is -1.95. The molecule has 0 bridgehead atoms. The van der Waals surface area contributed by atoms with E-state index in [1.54, 1.807) is 12.4 Å². The average molecular weight is 178 g/mol. The molecule has 0 rings (SSSR count). The Hall–Kier alpha value is -1.55. The molecule has 0 unspecified atom stereocenters. The lowest BCUT2D eigenvalue weighted by Crippen LogP contribution is -2.12. The summed E-state index contributed by atoms with van der Waals surface area (Å²) in [5, 5.41) is 0. The van der Waals surface area contributed by atoms with Gasteiger partial charge in [-0.2, -0.15) is 0 Å². The van der Waals surface area contributed by atoms with Gasteiger partial charge < -0.3 is 5.73 Å². The maximum atomic E-state index is 5.45. The topological polar surface area (TPSA) is 63.1 Å². The highest BCUT2D eigenvalue weighted by molar-refractivity contribution is 5.87. The van der Waals surface area contributed by atoms with Crippen LogP contribution < -0.4 is 5.73 Å². The van der Waals surface area contributed by atoms with Gasteiger partial charge in [0.25, 0.3) is 0 Å². The number of hydrogen-bond donors (Lipinski definition) is 1. The van der Waals surface area contributed by atoms with Crippen molar-refractivity contribution in [2.24, 2.45) is 20.7 Å². The summed E-state index contributed by atoms with van der Waals surface area (Å²) >= 11 is 0. The Labute approximate surface area is 78.3 Å². The second kappa shape index (κ2) is 8.55. The van der Waals surface area contributed by atoms with Gasteiger partial charge in [0, 0.05) is 37.3 Å². The lowest BCUT2D eigenvalue weighted by atomic mass is 10.2. The number of nitrogens with two attached hydrogens (primary N) is 1. The third-order valence-corrected chi connectivity index (χ3v) is 1.23. The maximum Gasteiger partial charge on any atom is 0.0450 e. The van der Waals surface area contributed by atoms with Crippen LogP contribution >= 0.6 is 0 Å². The van der Waals surface area contributed by atoms with E-state index in [0.29, 0.717) is 13.0 Å². The predicted octanol–water partition coefficient (Wildman–Crippen LogP) is 1.16. The van der Waals surface area contributed by atoms with Crippen LogP contribution in [0.15, 0.2) is 39.7 Å². The highest BCUT2D eigenvalue weighted by Crippen LogP contribution is 1.90. The number of aliphatic imine (C=N–C) groups is 3. The fourth-order valence-electron chi connectivity index (χ4n) is 0.638. The SMILES string of the molecule is C=N/C=C\C/C(CN)=N\C=C/N=C. The predicted molar refractivity (Wildman–Crippen MR) is 58.5 cm³/mol. The first-order valence-electron chi connectivity index (χ1n) is 3.82. The summed E-state index contributed by atoms with van der Waals surface area (Å²) in [7, 11) is 0. The van der Waals surface area contributed by atoms with Gasteiger partial charge in [-0.25, -0.2) is 0 Å². The molecular formula is C9H14N4. The first-order valence-corrected chi connectivity index (χ1v) is 3.82. The van der Waals surface area contributed by atoms with E-state index in [-0.39, 0.29) is 0 Å². The van der Waals surface area contributed by atoms with Gasteiger partial charge in [0.2, 0.25) is 0 Å². The number of rotatable bonds is 6. The van der Waals surface area contributed by atoms with E-state index in [4.69, 9.17) is 5.73 Å². The van der Waals surface area contributed by atoms with Crippen molar-refractivity contribution in [1.29, 1.82) is 0 Å². The molecule has 0 fully saturated rings. The number of allylic oxidation sites excluding steroid dienone is 1. The maximum absolute atomic E-state index is 5.45. The summed E-state index contributed by atoms with van der Waals surface area (Å²) in [5.74, 6) is 0.